The fourth-order valence-corrected chi connectivity index (χ4v) is 4.42. The first-order valence-electron chi connectivity index (χ1n) is 12.7. The van der Waals surface area contributed by atoms with E-state index in [-0.39, 0.29) is 24.1 Å². The Morgan fingerprint density at radius 3 is 2.49 bits per heavy atom. The molecule has 0 spiro atoms. The number of anilines is 1. The van der Waals surface area contributed by atoms with Crippen LogP contribution in [-0.4, -0.2) is 77.2 Å². The number of benzene rings is 1. The number of Topliss-reactive ketones (excluding diaryl/α,β-unsaturated/α-hetero) is 1. The van der Waals surface area contributed by atoms with Crippen LogP contribution in [0.2, 0.25) is 0 Å². The fraction of sp³-hybridized carbons (Fsp3) is 0.556. The molecular weight excluding hydrogens is 442 g/mol. The summed E-state index contributed by atoms with van der Waals surface area (Å²) in [6.45, 7) is 9.83. The van der Waals surface area contributed by atoms with Crippen LogP contribution in [0.3, 0.4) is 0 Å². The summed E-state index contributed by atoms with van der Waals surface area (Å²) in [7, 11) is 0. The summed E-state index contributed by atoms with van der Waals surface area (Å²) in [6, 6.07) is 9.49. The molecule has 3 rings (SSSR count). The van der Waals surface area contributed by atoms with Gasteiger partial charge in [-0.1, -0.05) is 31.0 Å². The molecule has 1 fully saturated rings. The molecule has 1 aromatic heterocycles. The van der Waals surface area contributed by atoms with Crippen LogP contribution in [0.15, 0.2) is 36.5 Å². The van der Waals surface area contributed by atoms with E-state index >= 15 is 0 Å². The molecule has 1 saturated heterocycles. The Labute approximate surface area is 208 Å². The predicted molar refractivity (Wildman–Crippen MR) is 139 cm³/mol. The number of pyridine rings is 1. The van der Waals surface area contributed by atoms with Crippen molar-refractivity contribution in [1.29, 1.82) is 0 Å². The molecule has 0 saturated carbocycles. The molecule has 0 radical (unpaired) electrons. The van der Waals surface area contributed by atoms with Gasteiger partial charge in [0.25, 0.3) is 0 Å². The Morgan fingerprint density at radius 2 is 1.77 bits per heavy atom. The maximum atomic E-state index is 13.1. The van der Waals surface area contributed by atoms with Crippen LogP contribution in [0.1, 0.15) is 52.9 Å². The standard InChI is InChI=1S/C27H39N5O3/c1-20(2)32-15-13-31(14-16-32)19-26(34)30-25(12-6-4-5-9-21(3)33)27(35)29-23-17-22-10-7-8-11-24(22)28-18-23/h7-8,10-11,17-18,20,25H,4-6,9,12-16,19H2,1-3H3,(H,29,35)(H,30,34)/t25-/m0/s1. The first-order valence-corrected chi connectivity index (χ1v) is 12.7. The first-order chi connectivity index (χ1) is 16.8. The lowest BCUT2D eigenvalue weighted by molar-refractivity contribution is -0.127. The summed E-state index contributed by atoms with van der Waals surface area (Å²) in [5, 5.41) is 6.83. The van der Waals surface area contributed by atoms with E-state index in [1.165, 1.54) is 0 Å². The average molecular weight is 482 g/mol. The van der Waals surface area contributed by atoms with Crippen LogP contribution in [0.4, 0.5) is 5.69 Å². The van der Waals surface area contributed by atoms with Crippen molar-refractivity contribution in [2.75, 3.05) is 38.0 Å². The summed E-state index contributed by atoms with van der Waals surface area (Å²) >= 11 is 0. The topological polar surface area (TPSA) is 94.6 Å². The molecular formula is C27H39N5O3. The number of fused-ring (bicyclic) bond motifs is 1. The second-order valence-corrected chi connectivity index (χ2v) is 9.73. The maximum Gasteiger partial charge on any atom is 0.246 e. The van der Waals surface area contributed by atoms with E-state index in [4.69, 9.17) is 0 Å². The zero-order chi connectivity index (χ0) is 25.2. The van der Waals surface area contributed by atoms with E-state index < -0.39 is 6.04 Å². The molecule has 1 aliphatic rings. The normalized spacial score (nSPS) is 15.8. The predicted octanol–water partition coefficient (Wildman–Crippen LogP) is 3.22. The Hall–Kier alpha value is -2.84. The Bertz CT molecular complexity index is 1000. The molecule has 2 heterocycles. The molecule has 2 amide bonds. The molecule has 190 valence electrons. The third-order valence-corrected chi connectivity index (χ3v) is 6.54. The number of amides is 2. The largest absolute Gasteiger partial charge is 0.343 e. The monoisotopic (exact) mass is 481 g/mol. The summed E-state index contributed by atoms with van der Waals surface area (Å²) in [5.41, 5.74) is 1.47. The van der Waals surface area contributed by atoms with Gasteiger partial charge < -0.3 is 15.4 Å². The molecule has 2 aromatic rings. The van der Waals surface area contributed by atoms with E-state index in [2.05, 4.69) is 39.3 Å². The summed E-state index contributed by atoms with van der Waals surface area (Å²) in [4.78, 5) is 46.1. The highest BCUT2D eigenvalue weighted by Gasteiger charge is 2.24. The van der Waals surface area contributed by atoms with Gasteiger partial charge in [0, 0.05) is 44.0 Å². The van der Waals surface area contributed by atoms with Gasteiger partial charge in [0.1, 0.15) is 11.8 Å². The molecule has 2 N–H and O–H groups in total. The highest BCUT2D eigenvalue weighted by molar-refractivity contribution is 5.98. The van der Waals surface area contributed by atoms with Gasteiger partial charge in [-0.3, -0.25) is 24.4 Å². The van der Waals surface area contributed by atoms with Crippen molar-refractivity contribution in [1.82, 2.24) is 20.1 Å². The van der Waals surface area contributed by atoms with Crippen molar-refractivity contribution in [3.8, 4) is 0 Å². The molecule has 0 unspecified atom stereocenters. The molecule has 1 aliphatic heterocycles. The number of ketones is 1. The minimum Gasteiger partial charge on any atom is -0.343 e. The van der Waals surface area contributed by atoms with Crippen molar-refractivity contribution in [2.24, 2.45) is 0 Å². The SMILES string of the molecule is CC(=O)CCCCC[C@H](NC(=O)CN1CCN(C(C)C)CC1)C(=O)Nc1cnc2ccccc2c1. The van der Waals surface area contributed by atoms with E-state index in [1.807, 2.05) is 30.3 Å². The lowest BCUT2D eigenvalue weighted by Gasteiger charge is -2.36. The van der Waals surface area contributed by atoms with Gasteiger partial charge in [-0.15, -0.1) is 0 Å². The van der Waals surface area contributed by atoms with Crippen LogP contribution < -0.4 is 10.6 Å². The van der Waals surface area contributed by atoms with Crippen molar-refractivity contribution in [3.63, 3.8) is 0 Å². The van der Waals surface area contributed by atoms with Crippen molar-refractivity contribution < 1.29 is 14.4 Å². The fourth-order valence-electron chi connectivity index (χ4n) is 4.42. The highest BCUT2D eigenvalue weighted by atomic mass is 16.2. The summed E-state index contributed by atoms with van der Waals surface area (Å²) in [5.74, 6) is -0.205. The van der Waals surface area contributed by atoms with Crippen molar-refractivity contribution in [3.05, 3.63) is 36.5 Å². The van der Waals surface area contributed by atoms with Crippen LogP contribution in [0.5, 0.6) is 0 Å². The maximum absolute atomic E-state index is 13.1. The number of carbonyl (C=O) groups excluding carboxylic acids is 3. The molecule has 1 aromatic carbocycles. The Kier molecular flexibility index (Phi) is 10.2. The summed E-state index contributed by atoms with van der Waals surface area (Å²) in [6.07, 6.45) is 5.11. The van der Waals surface area contributed by atoms with Gasteiger partial charge in [0.15, 0.2) is 0 Å². The quantitative estimate of drug-likeness (QED) is 0.452. The van der Waals surface area contributed by atoms with E-state index in [9.17, 15) is 14.4 Å². The van der Waals surface area contributed by atoms with Crippen LogP contribution in [0.25, 0.3) is 10.9 Å². The van der Waals surface area contributed by atoms with Crippen molar-refractivity contribution >= 4 is 34.2 Å². The third kappa shape index (κ3) is 8.71. The molecule has 35 heavy (non-hydrogen) atoms. The summed E-state index contributed by atoms with van der Waals surface area (Å²) < 4.78 is 0. The minimum atomic E-state index is -0.636. The number of hydrogen-bond donors (Lipinski definition) is 2. The average Bonchev–Trinajstić information content (AvgIpc) is 2.83. The van der Waals surface area contributed by atoms with E-state index in [1.54, 1.807) is 13.1 Å². The van der Waals surface area contributed by atoms with E-state index in [0.717, 1.165) is 56.3 Å². The van der Waals surface area contributed by atoms with Crippen LogP contribution >= 0.6 is 0 Å². The van der Waals surface area contributed by atoms with Gasteiger partial charge >= 0.3 is 0 Å². The number of nitrogens with zero attached hydrogens (tertiary/aromatic N) is 3. The third-order valence-electron chi connectivity index (χ3n) is 6.54. The smallest absolute Gasteiger partial charge is 0.246 e. The molecule has 8 heteroatoms. The lowest BCUT2D eigenvalue weighted by atomic mass is 10.1. The second kappa shape index (κ2) is 13.3. The first kappa shape index (κ1) is 26.8. The number of piperazine rings is 1. The van der Waals surface area contributed by atoms with E-state index in [0.29, 0.717) is 24.6 Å². The lowest BCUT2D eigenvalue weighted by Crippen LogP contribution is -2.53. The second-order valence-electron chi connectivity index (χ2n) is 9.73. The number of nitrogens with one attached hydrogen (secondary N) is 2. The molecule has 8 nitrogen and oxygen atoms in total. The number of unbranched alkanes of at least 4 members (excludes halogenated alkanes) is 2. The van der Waals surface area contributed by atoms with Gasteiger partial charge in [-0.05, 0) is 45.7 Å². The van der Waals surface area contributed by atoms with Crippen molar-refractivity contribution in [2.45, 2.75) is 65.0 Å². The zero-order valence-corrected chi connectivity index (χ0v) is 21.3. The minimum absolute atomic E-state index is 0.136. The number of para-hydroxylation sites is 1. The van der Waals surface area contributed by atoms with Gasteiger partial charge in [-0.2, -0.15) is 0 Å². The Balaban J connectivity index is 1.58. The molecule has 1 atom stereocenters. The number of rotatable bonds is 12. The van der Waals surface area contributed by atoms with Gasteiger partial charge in [-0.25, -0.2) is 0 Å². The zero-order valence-electron chi connectivity index (χ0n) is 21.3. The molecule has 0 bridgehead atoms. The number of carbonyl (C=O) groups is 3. The number of aromatic nitrogens is 1. The number of hydrogen-bond acceptors (Lipinski definition) is 6. The van der Waals surface area contributed by atoms with Crippen LogP contribution in [-0.2, 0) is 14.4 Å². The van der Waals surface area contributed by atoms with Gasteiger partial charge in [0.05, 0.1) is 23.9 Å². The van der Waals surface area contributed by atoms with Crippen LogP contribution in [0, 0.1) is 0 Å². The van der Waals surface area contributed by atoms with Gasteiger partial charge in [0.2, 0.25) is 11.8 Å². The highest BCUT2D eigenvalue weighted by Crippen LogP contribution is 2.17. The Morgan fingerprint density at radius 1 is 1.03 bits per heavy atom. The molecule has 0 aliphatic carbocycles.